The van der Waals surface area contributed by atoms with Crippen LogP contribution in [0.2, 0.25) is 0 Å². The molecule has 1 aromatic heterocycles. The van der Waals surface area contributed by atoms with E-state index in [1.807, 2.05) is 24.3 Å². The average Bonchev–Trinajstić information content (AvgIpc) is 2.61. The van der Waals surface area contributed by atoms with Crippen molar-refractivity contribution in [1.29, 1.82) is 0 Å². The molecule has 1 heterocycles. The molecular formula is C11H7IOS. The molecule has 0 aliphatic rings. The Morgan fingerprint density at radius 3 is 2.50 bits per heavy atom. The van der Waals surface area contributed by atoms with Crippen LogP contribution in [-0.4, -0.2) is 6.29 Å². The first-order chi connectivity index (χ1) is 6.81. The van der Waals surface area contributed by atoms with Gasteiger partial charge in [0.2, 0.25) is 0 Å². The maximum absolute atomic E-state index is 10.7. The monoisotopic (exact) mass is 314 g/mol. The molecule has 0 amide bonds. The fourth-order valence-corrected chi connectivity index (χ4v) is 3.06. The minimum absolute atomic E-state index is 0.810. The second-order valence-electron chi connectivity index (χ2n) is 2.81. The van der Waals surface area contributed by atoms with Crippen LogP contribution >= 0.6 is 33.9 Å². The minimum Gasteiger partial charge on any atom is -0.297 e. The number of carbonyl (C=O) groups is 1. The van der Waals surface area contributed by atoms with Crippen LogP contribution in [0.15, 0.2) is 36.4 Å². The standard InChI is InChI=1S/C11H7IOS/c12-9-6-10(14-11(9)7-13)8-4-2-1-3-5-8/h1-7H. The predicted molar refractivity (Wildman–Crippen MR) is 67.9 cm³/mol. The van der Waals surface area contributed by atoms with Crippen molar-refractivity contribution in [3.05, 3.63) is 44.8 Å². The normalized spacial score (nSPS) is 10.1. The highest BCUT2D eigenvalue weighted by atomic mass is 127. The molecule has 0 aliphatic carbocycles. The van der Waals surface area contributed by atoms with Gasteiger partial charge in [0.05, 0.1) is 4.88 Å². The Morgan fingerprint density at radius 2 is 1.93 bits per heavy atom. The Kier molecular flexibility index (Phi) is 2.98. The van der Waals surface area contributed by atoms with Gasteiger partial charge in [0.15, 0.2) is 6.29 Å². The van der Waals surface area contributed by atoms with E-state index < -0.39 is 0 Å². The smallest absolute Gasteiger partial charge is 0.161 e. The van der Waals surface area contributed by atoms with Crippen LogP contribution < -0.4 is 0 Å². The lowest BCUT2D eigenvalue weighted by Crippen LogP contribution is -1.71. The van der Waals surface area contributed by atoms with Gasteiger partial charge in [-0.05, 0) is 34.2 Å². The summed E-state index contributed by atoms with van der Waals surface area (Å²) in [5.74, 6) is 0. The molecule has 14 heavy (non-hydrogen) atoms. The van der Waals surface area contributed by atoms with Gasteiger partial charge in [-0.3, -0.25) is 4.79 Å². The highest BCUT2D eigenvalue weighted by Gasteiger charge is 2.06. The SMILES string of the molecule is O=Cc1sc(-c2ccccc2)cc1I. The van der Waals surface area contributed by atoms with Crippen LogP contribution in [0.25, 0.3) is 10.4 Å². The molecule has 0 radical (unpaired) electrons. The number of hydrogen-bond donors (Lipinski definition) is 0. The van der Waals surface area contributed by atoms with Crippen LogP contribution in [0, 0.1) is 3.57 Å². The summed E-state index contributed by atoms with van der Waals surface area (Å²) in [5.41, 5.74) is 1.17. The molecule has 0 N–H and O–H groups in total. The largest absolute Gasteiger partial charge is 0.297 e. The van der Waals surface area contributed by atoms with Gasteiger partial charge in [0.25, 0.3) is 0 Å². The van der Waals surface area contributed by atoms with Crippen molar-refractivity contribution in [2.75, 3.05) is 0 Å². The molecule has 0 aliphatic heterocycles. The summed E-state index contributed by atoms with van der Waals surface area (Å²) >= 11 is 3.72. The fourth-order valence-electron chi connectivity index (χ4n) is 1.21. The van der Waals surface area contributed by atoms with E-state index in [9.17, 15) is 4.79 Å². The van der Waals surface area contributed by atoms with Gasteiger partial charge in [-0.25, -0.2) is 0 Å². The molecule has 70 valence electrons. The Morgan fingerprint density at radius 1 is 1.21 bits per heavy atom. The van der Waals surface area contributed by atoms with E-state index in [0.29, 0.717) is 0 Å². The third-order valence-electron chi connectivity index (χ3n) is 1.88. The summed E-state index contributed by atoms with van der Waals surface area (Å²) in [5, 5.41) is 0. The van der Waals surface area contributed by atoms with Gasteiger partial charge in [0.1, 0.15) is 0 Å². The van der Waals surface area contributed by atoms with Crippen LogP contribution in [0.1, 0.15) is 9.67 Å². The van der Waals surface area contributed by atoms with Gasteiger partial charge in [-0.2, -0.15) is 0 Å². The summed E-state index contributed by atoms with van der Waals surface area (Å²) in [7, 11) is 0. The first-order valence-electron chi connectivity index (χ1n) is 4.11. The lowest BCUT2D eigenvalue weighted by atomic mass is 10.2. The molecule has 0 spiro atoms. The predicted octanol–water partition coefficient (Wildman–Crippen LogP) is 3.83. The summed E-state index contributed by atoms with van der Waals surface area (Å²) in [6, 6.07) is 12.1. The highest BCUT2D eigenvalue weighted by molar-refractivity contribution is 14.1. The van der Waals surface area contributed by atoms with Gasteiger partial charge in [0, 0.05) is 8.45 Å². The van der Waals surface area contributed by atoms with Crippen LogP contribution in [0.4, 0.5) is 0 Å². The number of carbonyl (C=O) groups excluding carboxylic acids is 1. The van der Waals surface area contributed by atoms with Gasteiger partial charge >= 0.3 is 0 Å². The highest BCUT2D eigenvalue weighted by Crippen LogP contribution is 2.31. The third-order valence-corrected chi connectivity index (χ3v) is 4.25. The molecule has 0 saturated carbocycles. The number of thiophene rings is 1. The van der Waals surface area contributed by atoms with E-state index in [4.69, 9.17) is 0 Å². The minimum atomic E-state index is 0.810. The zero-order valence-electron chi connectivity index (χ0n) is 7.24. The molecular weight excluding hydrogens is 307 g/mol. The maximum Gasteiger partial charge on any atom is 0.161 e. The third kappa shape index (κ3) is 1.88. The quantitative estimate of drug-likeness (QED) is 0.608. The molecule has 0 unspecified atom stereocenters. The van der Waals surface area contributed by atoms with Gasteiger partial charge < -0.3 is 0 Å². The first-order valence-corrected chi connectivity index (χ1v) is 6.00. The van der Waals surface area contributed by atoms with E-state index in [1.165, 1.54) is 16.9 Å². The topological polar surface area (TPSA) is 17.1 Å². The lowest BCUT2D eigenvalue weighted by molar-refractivity contribution is 0.112. The second-order valence-corrected chi connectivity index (χ2v) is 5.05. The molecule has 0 atom stereocenters. The van der Waals surface area contributed by atoms with Gasteiger partial charge in [-0.1, -0.05) is 30.3 Å². The lowest BCUT2D eigenvalue weighted by Gasteiger charge is -1.93. The number of rotatable bonds is 2. The Labute approximate surface area is 99.9 Å². The van der Waals surface area contributed by atoms with Crippen molar-refractivity contribution in [3.8, 4) is 10.4 Å². The van der Waals surface area contributed by atoms with E-state index in [1.54, 1.807) is 0 Å². The van der Waals surface area contributed by atoms with E-state index in [2.05, 4.69) is 34.7 Å². The molecule has 1 aromatic carbocycles. The zero-order chi connectivity index (χ0) is 9.97. The van der Waals surface area contributed by atoms with Crippen molar-refractivity contribution in [2.24, 2.45) is 0 Å². The molecule has 0 bridgehead atoms. The van der Waals surface area contributed by atoms with E-state index in [-0.39, 0.29) is 0 Å². The van der Waals surface area contributed by atoms with Crippen molar-refractivity contribution in [2.45, 2.75) is 0 Å². The molecule has 1 nitrogen and oxygen atoms in total. The Balaban J connectivity index is 2.48. The summed E-state index contributed by atoms with van der Waals surface area (Å²) in [4.78, 5) is 12.6. The van der Waals surface area contributed by atoms with E-state index in [0.717, 1.165) is 19.6 Å². The van der Waals surface area contributed by atoms with Crippen molar-refractivity contribution >= 4 is 40.2 Å². The van der Waals surface area contributed by atoms with Crippen molar-refractivity contribution in [3.63, 3.8) is 0 Å². The molecule has 0 saturated heterocycles. The van der Waals surface area contributed by atoms with Gasteiger partial charge in [-0.15, -0.1) is 11.3 Å². The maximum atomic E-state index is 10.7. The van der Waals surface area contributed by atoms with Crippen LogP contribution in [0.5, 0.6) is 0 Å². The summed E-state index contributed by atoms with van der Waals surface area (Å²) < 4.78 is 1.03. The Bertz CT molecular complexity index is 448. The number of hydrogen-bond acceptors (Lipinski definition) is 2. The van der Waals surface area contributed by atoms with Crippen molar-refractivity contribution in [1.82, 2.24) is 0 Å². The molecule has 2 rings (SSSR count). The van der Waals surface area contributed by atoms with Crippen molar-refractivity contribution < 1.29 is 4.79 Å². The van der Waals surface area contributed by atoms with E-state index >= 15 is 0 Å². The Hall–Kier alpha value is -0.680. The summed E-state index contributed by atoms with van der Waals surface area (Å²) in [6.45, 7) is 0. The zero-order valence-corrected chi connectivity index (χ0v) is 10.2. The molecule has 0 fully saturated rings. The summed E-state index contributed by atoms with van der Waals surface area (Å²) in [6.07, 6.45) is 0.916. The van der Waals surface area contributed by atoms with Crippen LogP contribution in [0.3, 0.4) is 0 Å². The number of halogens is 1. The van der Waals surface area contributed by atoms with Crippen LogP contribution in [-0.2, 0) is 0 Å². The fraction of sp³-hybridized carbons (Fsp3) is 0. The second kappa shape index (κ2) is 4.23. The molecule has 2 aromatic rings. The first kappa shape index (κ1) is 9.86. The average molecular weight is 314 g/mol. The molecule has 3 heteroatoms. The number of aldehydes is 1. The number of benzene rings is 1.